The fraction of sp³-hybridized carbons (Fsp3) is 0.222. The van der Waals surface area contributed by atoms with Crippen LogP contribution in [0, 0.1) is 6.92 Å². The van der Waals surface area contributed by atoms with Gasteiger partial charge >= 0.3 is 0 Å². The van der Waals surface area contributed by atoms with E-state index in [1.54, 1.807) is 13.0 Å². The van der Waals surface area contributed by atoms with Crippen LogP contribution in [0.2, 0.25) is 5.02 Å². The normalized spacial score (nSPS) is 12.0. The minimum atomic E-state index is -0.460. The molecular weight excluding hydrogens is 342 g/mol. The highest BCUT2D eigenvalue weighted by Crippen LogP contribution is 2.34. The molecule has 2 aromatic carbocycles. The Morgan fingerprint density at radius 2 is 2.00 bits per heavy atom. The third-order valence-electron chi connectivity index (χ3n) is 3.49. The zero-order chi connectivity index (χ0) is 18.4. The number of nitrogens with one attached hydrogen (secondary N) is 2. The quantitative estimate of drug-likeness (QED) is 0.544. The summed E-state index contributed by atoms with van der Waals surface area (Å²) in [6, 6.07) is 10.4. The maximum Gasteiger partial charge on any atom is 0.262 e. The lowest BCUT2D eigenvalue weighted by Gasteiger charge is -2.13. The minimum Gasteiger partial charge on any atom is -0.503 e. The van der Waals surface area contributed by atoms with Crippen molar-refractivity contribution in [3.8, 4) is 11.5 Å². The summed E-state index contributed by atoms with van der Waals surface area (Å²) in [5, 5.41) is 16.8. The van der Waals surface area contributed by atoms with E-state index >= 15 is 0 Å². The average molecular weight is 362 g/mol. The van der Waals surface area contributed by atoms with Crippen LogP contribution >= 0.6 is 11.6 Å². The van der Waals surface area contributed by atoms with E-state index in [9.17, 15) is 9.90 Å². The summed E-state index contributed by atoms with van der Waals surface area (Å²) in [5.74, 6) is -0.190. The number of phenolic OH excluding ortho intramolecular Hbond substituents is 1. The molecule has 0 radical (unpaired) electrons. The van der Waals surface area contributed by atoms with Crippen LogP contribution in [0.3, 0.4) is 0 Å². The summed E-state index contributed by atoms with van der Waals surface area (Å²) in [7, 11) is 1.42. The number of halogens is 1. The van der Waals surface area contributed by atoms with Gasteiger partial charge in [-0.05, 0) is 43.7 Å². The van der Waals surface area contributed by atoms with Gasteiger partial charge in [-0.15, -0.1) is 0 Å². The van der Waals surface area contributed by atoms with Crippen LogP contribution in [0.15, 0.2) is 41.5 Å². The van der Waals surface area contributed by atoms with E-state index in [-0.39, 0.29) is 22.4 Å². The monoisotopic (exact) mass is 361 g/mol. The molecule has 0 heterocycles. The molecular formula is C18H20ClN3O3. The maximum absolute atomic E-state index is 12.1. The van der Waals surface area contributed by atoms with Crippen LogP contribution < -0.4 is 15.5 Å². The number of aromatic hydroxyl groups is 1. The number of phenols is 1. The molecule has 1 atom stereocenters. The molecule has 0 fully saturated rings. The van der Waals surface area contributed by atoms with E-state index in [1.807, 2.05) is 31.2 Å². The van der Waals surface area contributed by atoms with E-state index in [2.05, 4.69) is 15.8 Å². The van der Waals surface area contributed by atoms with Gasteiger partial charge in [0.05, 0.1) is 18.3 Å². The van der Waals surface area contributed by atoms with Crippen LogP contribution in [0.1, 0.15) is 18.1 Å². The number of carbonyl (C=O) groups is 1. The highest BCUT2D eigenvalue weighted by molar-refractivity contribution is 6.32. The van der Waals surface area contributed by atoms with Crippen LogP contribution in [-0.4, -0.2) is 30.4 Å². The second kappa shape index (κ2) is 8.39. The van der Waals surface area contributed by atoms with Crippen molar-refractivity contribution in [3.05, 3.63) is 52.5 Å². The first kappa shape index (κ1) is 18.6. The van der Waals surface area contributed by atoms with E-state index in [1.165, 1.54) is 19.4 Å². The van der Waals surface area contributed by atoms with Crippen molar-refractivity contribution < 1.29 is 14.6 Å². The standard InChI is InChI=1S/C18H20ClN3O3/c1-11-4-6-14(7-5-11)21-12(2)18(24)22-20-10-13-8-15(19)17(23)16(9-13)25-3/h4-10,12,21,23H,1-3H3,(H,22,24)/b20-10-/t12-/m1/s1. The molecule has 1 amide bonds. The molecule has 0 aliphatic carbocycles. The molecule has 6 nitrogen and oxygen atoms in total. The third kappa shape index (κ3) is 5.12. The summed E-state index contributed by atoms with van der Waals surface area (Å²) in [6.07, 6.45) is 1.42. The number of ether oxygens (including phenoxy) is 1. The number of carbonyl (C=O) groups excluding carboxylic acids is 1. The SMILES string of the molecule is COc1cc(/C=N\NC(=O)[C@@H](C)Nc2ccc(C)cc2)cc(Cl)c1O. The van der Waals surface area contributed by atoms with Gasteiger partial charge in [-0.25, -0.2) is 5.43 Å². The van der Waals surface area contributed by atoms with Crippen molar-refractivity contribution in [3.63, 3.8) is 0 Å². The van der Waals surface area contributed by atoms with Crippen LogP contribution in [0.4, 0.5) is 5.69 Å². The lowest BCUT2D eigenvalue weighted by molar-refractivity contribution is -0.121. The van der Waals surface area contributed by atoms with Gasteiger partial charge in [0, 0.05) is 5.69 Å². The molecule has 2 rings (SSSR count). The van der Waals surface area contributed by atoms with Crippen molar-refractivity contribution in [2.45, 2.75) is 19.9 Å². The Bertz CT molecular complexity index is 776. The summed E-state index contributed by atoms with van der Waals surface area (Å²) in [5.41, 5.74) is 5.04. The summed E-state index contributed by atoms with van der Waals surface area (Å²) < 4.78 is 5.01. The molecule has 0 aliphatic heterocycles. The Kier molecular flexibility index (Phi) is 6.25. The molecule has 0 unspecified atom stereocenters. The van der Waals surface area contributed by atoms with Gasteiger partial charge < -0.3 is 15.2 Å². The fourth-order valence-electron chi connectivity index (χ4n) is 2.06. The lowest BCUT2D eigenvalue weighted by atomic mass is 10.2. The van der Waals surface area contributed by atoms with Gasteiger partial charge in [-0.1, -0.05) is 29.3 Å². The van der Waals surface area contributed by atoms with E-state index in [0.717, 1.165) is 11.3 Å². The van der Waals surface area contributed by atoms with Crippen molar-refractivity contribution in [2.75, 3.05) is 12.4 Å². The van der Waals surface area contributed by atoms with Gasteiger partial charge in [0.25, 0.3) is 5.91 Å². The fourth-order valence-corrected chi connectivity index (χ4v) is 2.28. The predicted octanol–water partition coefficient (Wildman–Crippen LogP) is 3.31. The van der Waals surface area contributed by atoms with Crippen molar-refractivity contribution >= 4 is 29.4 Å². The van der Waals surface area contributed by atoms with E-state index in [4.69, 9.17) is 16.3 Å². The van der Waals surface area contributed by atoms with Gasteiger partial charge in [0.1, 0.15) is 6.04 Å². The highest BCUT2D eigenvalue weighted by atomic mass is 35.5. The lowest BCUT2D eigenvalue weighted by Crippen LogP contribution is -2.34. The minimum absolute atomic E-state index is 0.138. The summed E-state index contributed by atoms with van der Waals surface area (Å²) >= 11 is 5.90. The first-order valence-corrected chi connectivity index (χ1v) is 8.01. The number of benzene rings is 2. The Morgan fingerprint density at radius 1 is 1.32 bits per heavy atom. The Morgan fingerprint density at radius 3 is 2.64 bits per heavy atom. The van der Waals surface area contributed by atoms with Gasteiger partial charge in [-0.3, -0.25) is 4.79 Å². The largest absolute Gasteiger partial charge is 0.503 e. The summed E-state index contributed by atoms with van der Waals surface area (Å²) in [4.78, 5) is 12.1. The Labute approximate surface area is 151 Å². The molecule has 2 aromatic rings. The molecule has 0 bridgehead atoms. The zero-order valence-electron chi connectivity index (χ0n) is 14.2. The van der Waals surface area contributed by atoms with Crippen molar-refractivity contribution in [1.82, 2.24) is 5.43 Å². The number of aryl methyl sites for hydroxylation is 1. The van der Waals surface area contributed by atoms with Gasteiger partial charge in [0.2, 0.25) is 0 Å². The third-order valence-corrected chi connectivity index (χ3v) is 3.78. The average Bonchev–Trinajstić information content (AvgIpc) is 2.59. The molecule has 0 aliphatic rings. The molecule has 0 saturated carbocycles. The molecule has 0 saturated heterocycles. The number of rotatable bonds is 6. The molecule has 7 heteroatoms. The zero-order valence-corrected chi connectivity index (χ0v) is 15.0. The first-order valence-electron chi connectivity index (χ1n) is 7.63. The van der Waals surface area contributed by atoms with Crippen molar-refractivity contribution in [1.29, 1.82) is 0 Å². The number of anilines is 1. The number of amides is 1. The first-order chi connectivity index (χ1) is 11.9. The van der Waals surface area contributed by atoms with E-state index < -0.39 is 6.04 Å². The molecule has 132 valence electrons. The second-order valence-electron chi connectivity index (χ2n) is 5.52. The Hall–Kier alpha value is -2.73. The molecule has 25 heavy (non-hydrogen) atoms. The number of hydrazone groups is 1. The predicted molar refractivity (Wildman–Crippen MR) is 99.7 cm³/mol. The van der Waals surface area contributed by atoms with Gasteiger partial charge in [-0.2, -0.15) is 5.10 Å². The van der Waals surface area contributed by atoms with E-state index in [0.29, 0.717) is 5.56 Å². The molecule has 3 N–H and O–H groups in total. The smallest absolute Gasteiger partial charge is 0.262 e. The van der Waals surface area contributed by atoms with Crippen molar-refractivity contribution in [2.24, 2.45) is 5.10 Å². The topological polar surface area (TPSA) is 83.0 Å². The van der Waals surface area contributed by atoms with Crippen LogP contribution in [-0.2, 0) is 4.79 Å². The second-order valence-corrected chi connectivity index (χ2v) is 5.93. The maximum atomic E-state index is 12.1. The number of nitrogens with zero attached hydrogens (tertiary/aromatic N) is 1. The Balaban J connectivity index is 1.95. The highest BCUT2D eigenvalue weighted by Gasteiger charge is 2.12. The number of methoxy groups -OCH3 is 1. The molecule has 0 aromatic heterocycles. The number of hydrogen-bond acceptors (Lipinski definition) is 5. The van der Waals surface area contributed by atoms with Gasteiger partial charge in [0.15, 0.2) is 11.5 Å². The van der Waals surface area contributed by atoms with Crippen LogP contribution in [0.25, 0.3) is 0 Å². The molecule has 0 spiro atoms. The summed E-state index contributed by atoms with van der Waals surface area (Å²) in [6.45, 7) is 3.74. The number of hydrogen-bond donors (Lipinski definition) is 3. The van der Waals surface area contributed by atoms with Crippen LogP contribution in [0.5, 0.6) is 11.5 Å².